The molecule has 0 spiro atoms. The molecule has 0 aliphatic rings. The summed E-state index contributed by atoms with van der Waals surface area (Å²) in [5.41, 5.74) is 10.9. The van der Waals surface area contributed by atoms with E-state index in [1.54, 1.807) is 30.3 Å². The van der Waals surface area contributed by atoms with Crippen LogP contribution in [0.15, 0.2) is 113 Å². The predicted molar refractivity (Wildman–Crippen MR) is 168 cm³/mol. The number of benzene rings is 4. The van der Waals surface area contributed by atoms with Crippen molar-refractivity contribution in [3.63, 3.8) is 0 Å². The molecule has 0 heterocycles. The van der Waals surface area contributed by atoms with Crippen LogP contribution in [0, 0.1) is 0 Å². The summed E-state index contributed by atoms with van der Waals surface area (Å²) in [6.07, 6.45) is 0.812. The number of thiocarbonyl (C=S) groups is 1. The number of nitrogens with two attached hydrogens (primary N) is 2. The van der Waals surface area contributed by atoms with Crippen molar-refractivity contribution in [2.75, 3.05) is 0 Å². The number of nitrogens with zero attached hydrogens (tertiary/aromatic N) is 2. The summed E-state index contributed by atoms with van der Waals surface area (Å²) in [6.45, 7) is 2.75. The van der Waals surface area contributed by atoms with Gasteiger partial charge in [-0.1, -0.05) is 110 Å². The van der Waals surface area contributed by atoms with E-state index in [1.165, 1.54) is 6.07 Å². The molecule has 1 amide bonds. The van der Waals surface area contributed by atoms with Crippen LogP contribution in [0.25, 0.3) is 11.1 Å². The van der Waals surface area contributed by atoms with Gasteiger partial charge in [0, 0.05) is 24.2 Å². The van der Waals surface area contributed by atoms with Gasteiger partial charge in [0.05, 0.1) is 11.3 Å². The normalized spacial score (nSPS) is 11.7. The molecular weight excluding hydrogens is 553 g/mol. The standard InChI is InChI=1S/C32H32N4O3S2/c1-2-30(40)35-32(33)27-12-8-11-25(19-27)22-36(21-24-9-4-3-5-10-24)31(37)20-23-15-17-26(18-16-23)28-13-6-7-14-29(28)41(34,38)39/h3-19H,2,20-22H2,1H3,(H2,33,35,40)(H2,34,38,39). The lowest BCUT2D eigenvalue weighted by Crippen LogP contribution is -2.31. The monoisotopic (exact) mass is 584 g/mol. The Morgan fingerprint density at radius 1 is 0.829 bits per heavy atom. The van der Waals surface area contributed by atoms with E-state index in [-0.39, 0.29) is 17.2 Å². The Bertz CT molecular complexity index is 1670. The topological polar surface area (TPSA) is 119 Å². The molecule has 0 bridgehead atoms. The van der Waals surface area contributed by atoms with E-state index in [0.717, 1.165) is 22.3 Å². The third kappa shape index (κ3) is 8.17. The minimum atomic E-state index is -3.88. The molecule has 0 atom stereocenters. The maximum Gasteiger partial charge on any atom is 0.238 e. The van der Waals surface area contributed by atoms with Gasteiger partial charge in [0.25, 0.3) is 0 Å². The first-order valence-corrected chi connectivity index (χ1v) is 15.1. The zero-order valence-electron chi connectivity index (χ0n) is 22.7. The van der Waals surface area contributed by atoms with E-state index >= 15 is 0 Å². The van der Waals surface area contributed by atoms with Gasteiger partial charge in [-0.15, -0.1) is 0 Å². The average Bonchev–Trinajstić information content (AvgIpc) is 2.97. The molecule has 0 radical (unpaired) electrons. The van der Waals surface area contributed by atoms with Gasteiger partial charge in [0.1, 0.15) is 10.8 Å². The molecule has 4 N–H and O–H groups in total. The van der Waals surface area contributed by atoms with Crippen LogP contribution in [-0.2, 0) is 34.3 Å². The Morgan fingerprint density at radius 2 is 1.46 bits per heavy atom. The highest BCUT2D eigenvalue weighted by atomic mass is 32.2. The third-order valence-electron chi connectivity index (χ3n) is 6.53. The van der Waals surface area contributed by atoms with E-state index in [4.69, 9.17) is 23.1 Å². The molecule has 7 nitrogen and oxygen atoms in total. The molecule has 0 saturated carbocycles. The molecule has 0 aliphatic heterocycles. The Hall–Kier alpha value is -4.18. The number of carbonyl (C=O) groups excluding carboxylic acids is 1. The molecular formula is C32H32N4O3S2. The lowest BCUT2D eigenvalue weighted by atomic mass is 10.0. The van der Waals surface area contributed by atoms with Gasteiger partial charge < -0.3 is 10.6 Å². The first kappa shape index (κ1) is 29.8. The first-order chi connectivity index (χ1) is 19.6. The number of primary sulfonamides is 1. The average molecular weight is 585 g/mol. The zero-order valence-corrected chi connectivity index (χ0v) is 24.4. The summed E-state index contributed by atoms with van der Waals surface area (Å²) in [5.74, 6) is 0.300. The van der Waals surface area contributed by atoms with E-state index in [2.05, 4.69) is 4.99 Å². The fourth-order valence-electron chi connectivity index (χ4n) is 4.41. The third-order valence-corrected chi connectivity index (χ3v) is 7.88. The van der Waals surface area contributed by atoms with E-state index in [1.807, 2.05) is 78.6 Å². The number of amidine groups is 1. The smallest absolute Gasteiger partial charge is 0.238 e. The molecule has 0 aliphatic carbocycles. The zero-order chi connectivity index (χ0) is 29.4. The molecule has 0 aromatic heterocycles. The summed E-state index contributed by atoms with van der Waals surface area (Å²) >= 11 is 5.21. The Morgan fingerprint density at radius 3 is 2.15 bits per heavy atom. The van der Waals surface area contributed by atoms with Gasteiger partial charge in [0.15, 0.2) is 0 Å². The molecule has 4 aromatic carbocycles. The van der Waals surface area contributed by atoms with Crippen LogP contribution in [-0.4, -0.2) is 30.0 Å². The number of hydrogen-bond donors (Lipinski definition) is 2. The van der Waals surface area contributed by atoms with Crippen LogP contribution in [0.3, 0.4) is 0 Å². The molecule has 0 saturated heterocycles. The summed E-state index contributed by atoms with van der Waals surface area (Å²) in [7, 11) is -3.88. The number of sulfonamides is 1. The SMILES string of the molecule is CCC(=S)N=C(N)c1cccc(CN(Cc2ccccc2)C(=O)Cc2ccc(-c3ccccc3S(N)(=O)=O)cc2)c1. The Labute approximate surface area is 246 Å². The van der Waals surface area contributed by atoms with E-state index in [0.29, 0.717) is 41.5 Å². The Kier molecular flexibility index (Phi) is 9.78. The van der Waals surface area contributed by atoms with Crippen LogP contribution < -0.4 is 10.9 Å². The number of amides is 1. The van der Waals surface area contributed by atoms with Crippen LogP contribution in [0.5, 0.6) is 0 Å². The van der Waals surface area contributed by atoms with Crippen molar-refractivity contribution in [1.29, 1.82) is 0 Å². The lowest BCUT2D eigenvalue weighted by molar-refractivity contribution is -0.131. The second kappa shape index (κ2) is 13.5. The number of rotatable bonds is 10. The maximum atomic E-state index is 13.6. The van der Waals surface area contributed by atoms with Crippen molar-refractivity contribution in [3.8, 4) is 11.1 Å². The van der Waals surface area contributed by atoms with Crippen molar-refractivity contribution in [2.45, 2.75) is 37.8 Å². The van der Waals surface area contributed by atoms with Gasteiger partial charge in [-0.3, -0.25) is 4.79 Å². The maximum absolute atomic E-state index is 13.6. The highest BCUT2D eigenvalue weighted by Crippen LogP contribution is 2.27. The number of hydrogen-bond acceptors (Lipinski definition) is 4. The molecule has 9 heteroatoms. The van der Waals surface area contributed by atoms with Crippen molar-refractivity contribution in [3.05, 3.63) is 125 Å². The summed E-state index contributed by atoms with van der Waals surface area (Å²) in [6, 6.07) is 31.3. The predicted octanol–water partition coefficient (Wildman–Crippen LogP) is 5.22. The van der Waals surface area contributed by atoms with Gasteiger partial charge >= 0.3 is 0 Å². The minimum absolute atomic E-state index is 0.0502. The fraction of sp³-hybridized carbons (Fsp3) is 0.156. The largest absolute Gasteiger partial charge is 0.383 e. The highest BCUT2D eigenvalue weighted by Gasteiger charge is 2.18. The van der Waals surface area contributed by atoms with Gasteiger partial charge in [-0.05, 0) is 40.8 Å². The molecule has 0 unspecified atom stereocenters. The van der Waals surface area contributed by atoms with Crippen molar-refractivity contribution in [2.24, 2.45) is 15.9 Å². The summed E-state index contributed by atoms with van der Waals surface area (Å²) in [5, 5.41) is 5.41. The fourth-order valence-corrected chi connectivity index (χ4v) is 5.26. The molecule has 210 valence electrons. The van der Waals surface area contributed by atoms with E-state index < -0.39 is 10.0 Å². The quantitative estimate of drug-likeness (QED) is 0.151. The van der Waals surface area contributed by atoms with E-state index in [9.17, 15) is 13.2 Å². The number of carbonyl (C=O) groups is 1. The highest BCUT2D eigenvalue weighted by molar-refractivity contribution is 7.89. The molecule has 41 heavy (non-hydrogen) atoms. The first-order valence-electron chi connectivity index (χ1n) is 13.1. The Balaban J connectivity index is 1.56. The van der Waals surface area contributed by atoms with Crippen molar-refractivity contribution in [1.82, 2.24) is 4.90 Å². The van der Waals surface area contributed by atoms with Gasteiger partial charge in [0.2, 0.25) is 15.9 Å². The summed E-state index contributed by atoms with van der Waals surface area (Å²) < 4.78 is 24.1. The van der Waals surface area contributed by atoms with Crippen LogP contribution >= 0.6 is 12.2 Å². The second-order valence-electron chi connectivity index (χ2n) is 9.59. The van der Waals surface area contributed by atoms with Gasteiger partial charge in [-0.2, -0.15) is 0 Å². The van der Waals surface area contributed by atoms with Crippen LogP contribution in [0.4, 0.5) is 0 Å². The van der Waals surface area contributed by atoms with Crippen LogP contribution in [0.2, 0.25) is 0 Å². The number of aliphatic imine (C=N–C) groups is 1. The molecule has 0 fully saturated rings. The van der Waals surface area contributed by atoms with Crippen molar-refractivity contribution >= 4 is 39.0 Å². The molecule has 4 rings (SSSR count). The van der Waals surface area contributed by atoms with Gasteiger partial charge in [-0.25, -0.2) is 18.5 Å². The van der Waals surface area contributed by atoms with Crippen molar-refractivity contribution < 1.29 is 13.2 Å². The lowest BCUT2D eigenvalue weighted by Gasteiger charge is -2.24. The van der Waals surface area contributed by atoms with Crippen LogP contribution in [0.1, 0.15) is 35.6 Å². The summed E-state index contributed by atoms with van der Waals surface area (Å²) in [4.78, 5) is 20.3. The molecule has 4 aromatic rings. The second-order valence-corrected chi connectivity index (χ2v) is 11.6. The minimum Gasteiger partial charge on any atom is -0.383 e.